The minimum absolute atomic E-state index is 0.323. The van der Waals surface area contributed by atoms with Gasteiger partial charge in [0.05, 0.1) is 0 Å². The molecule has 2 atom stereocenters. The van der Waals surface area contributed by atoms with Crippen LogP contribution in [0.1, 0.15) is 53.9 Å². The van der Waals surface area contributed by atoms with Crippen molar-refractivity contribution in [3.63, 3.8) is 0 Å². The Balaban J connectivity index is 2.63. The van der Waals surface area contributed by atoms with Gasteiger partial charge in [-0.1, -0.05) is 50.5 Å². The van der Waals surface area contributed by atoms with E-state index in [2.05, 4.69) is 55.4 Å². The third-order valence-corrected chi connectivity index (χ3v) is 5.46. The van der Waals surface area contributed by atoms with Crippen molar-refractivity contribution < 1.29 is 4.79 Å². The summed E-state index contributed by atoms with van der Waals surface area (Å²) >= 11 is 3.59. The molecule has 0 spiro atoms. The Morgan fingerprint density at radius 2 is 1.95 bits per heavy atom. The molecule has 1 heterocycles. The zero-order valence-electron chi connectivity index (χ0n) is 13.2. The quantitative estimate of drug-likeness (QED) is 0.702. The summed E-state index contributed by atoms with van der Waals surface area (Å²) in [6.45, 7) is 13.2. The smallest absolute Gasteiger partial charge is 0.222 e. The first-order valence-corrected chi connectivity index (χ1v) is 8.71. The summed E-state index contributed by atoms with van der Waals surface area (Å²) in [5.41, 5.74) is 0.323. The maximum Gasteiger partial charge on any atom is 0.222 e. The fourth-order valence-electron chi connectivity index (χ4n) is 2.82. The lowest BCUT2D eigenvalue weighted by Gasteiger charge is -2.30. The molecule has 0 aromatic rings. The maximum absolute atomic E-state index is 12.3. The van der Waals surface area contributed by atoms with Crippen LogP contribution in [0.15, 0.2) is 0 Å². The van der Waals surface area contributed by atoms with E-state index in [0.717, 1.165) is 37.7 Å². The van der Waals surface area contributed by atoms with Gasteiger partial charge in [-0.25, -0.2) is 0 Å². The van der Waals surface area contributed by atoms with Crippen LogP contribution in [0.3, 0.4) is 0 Å². The summed E-state index contributed by atoms with van der Waals surface area (Å²) < 4.78 is 0. The number of nitrogens with zero attached hydrogens (tertiary/aromatic N) is 1. The first-order valence-electron chi connectivity index (χ1n) is 7.59. The standard InChI is InChI=1S/C16H30BrNO/c1-12(2)13(10-17)11-18-9-8-14(16(3,4)5)6-7-15(18)19/h12-14H,6-11H2,1-5H3. The molecule has 2 nitrogen and oxygen atoms in total. The molecular formula is C16H30BrNO. The second-order valence-corrected chi connectivity index (χ2v) is 8.04. The summed E-state index contributed by atoms with van der Waals surface area (Å²) in [6, 6.07) is 0. The lowest BCUT2D eigenvalue weighted by molar-refractivity contribution is -0.131. The summed E-state index contributed by atoms with van der Waals surface area (Å²) in [7, 11) is 0. The Hall–Kier alpha value is -0.0500. The highest BCUT2D eigenvalue weighted by molar-refractivity contribution is 9.09. The first-order chi connectivity index (χ1) is 8.75. The summed E-state index contributed by atoms with van der Waals surface area (Å²) in [4.78, 5) is 14.4. The average molecular weight is 332 g/mol. The van der Waals surface area contributed by atoms with Crippen molar-refractivity contribution in [2.24, 2.45) is 23.2 Å². The van der Waals surface area contributed by atoms with Gasteiger partial charge in [-0.3, -0.25) is 4.79 Å². The van der Waals surface area contributed by atoms with E-state index in [-0.39, 0.29) is 0 Å². The fraction of sp³-hybridized carbons (Fsp3) is 0.938. The van der Waals surface area contributed by atoms with E-state index in [0.29, 0.717) is 29.1 Å². The molecule has 0 aromatic carbocycles. The molecule has 0 saturated carbocycles. The molecule has 0 bridgehead atoms. The maximum atomic E-state index is 12.3. The average Bonchev–Trinajstić information content (AvgIpc) is 2.47. The van der Waals surface area contributed by atoms with Crippen molar-refractivity contribution in [3.8, 4) is 0 Å². The molecule has 19 heavy (non-hydrogen) atoms. The zero-order valence-corrected chi connectivity index (χ0v) is 14.8. The number of carbonyl (C=O) groups is 1. The van der Waals surface area contributed by atoms with Gasteiger partial charge in [-0.05, 0) is 36.0 Å². The Morgan fingerprint density at radius 1 is 1.32 bits per heavy atom. The molecule has 0 N–H and O–H groups in total. The second-order valence-electron chi connectivity index (χ2n) is 7.39. The molecule has 3 heteroatoms. The molecule has 112 valence electrons. The first kappa shape index (κ1) is 17.0. The number of likely N-dealkylation sites (tertiary alicyclic amines) is 1. The molecule has 1 aliphatic heterocycles. The lowest BCUT2D eigenvalue weighted by atomic mass is 9.77. The van der Waals surface area contributed by atoms with Crippen LogP contribution in [0.4, 0.5) is 0 Å². The Labute approximate surface area is 127 Å². The van der Waals surface area contributed by atoms with Crippen LogP contribution in [0.5, 0.6) is 0 Å². The predicted molar refractivity (Wildman–Crippen MR) is 85.5 cm³/mol. The molecule has 1 saturated heterocycles. The van der Waals surface area contributed by atoms with Crippen molar-refractivity contribution in [1.82, 2.24) is 4.90 Å². The second kappa shape index (κ2) is 7.10. The largest absolute Gasteiger partial charge is 0.342 e. The van der Waals surface area contributed by atoms with Gasteiger partial charge in [-0.2, -0.15) is 0 Å². The van der Waals surface area contributed by atoms with Crippen LogP contribution in [0.2, 0.25) is 0 Å². The van der Waals surface area contributed by atoms with Crippen molar-refractivity contribution in [2.75, 3.05) is 18.4 Å². The minimum Gasteiger partial charge on any atom is -0.342 e. The normalized spacial score (nSPS) is 23.6. The van der Waals surface area contributed by atoms with E-state index in [4.69, 9.17) is 0 Å². The minimum atomic E-state index is 0.323. The van der Waals surface area contributed by atoms with E-state index in [1.54, 1.807) is 0 Å². The van der Waals surface area contributed by atoms with E-state index in [9.17, 15) is 4.79 Å². The Kier molecular flexibility index (Phi) is 6.35. The molecule has 2 unspecified atom stereocenters. The molecule has 1 aliphatic rings. The topological polar surface area (TPSA) is 20.3 Å². The van der Waals surface area contributed by atoms with Gasteiger partial charge in [0, 0.05) is 24.8 Å². The van der Waals surface area contributed by atoms with Crippen molar-refractivity contribution in [3.05, 3.63) is 0 Å². The third-order valence-electron chi connectivity index (χ3n) is 4.63. The number of hydrogen-bond acceptors (Lipinski definition) is 1. The SMILES string of the molecule is CC(C)C(CBr)CN1CCC(C(C)(C)C)CCC1=O. The van der Waals surface area contributed by atoms with Crippen LogP contribution < -0.4 is 0 Å². The molecule has 1 rings (SSSR count). The van der Waals surface area contributed by atoms with Crippen LogP contribution in [-0.4, -0.2) is 29.2 Å². The summed E-state index contributed by atoms with van der Waals surface area (Å²) in [6.07, 6.45) is 2.94. The third kappa shape index (κ3) is 5.09. The van der Waals surface area contributed by atoms with E-state index in [1.165, 1.54) is 0 Å². The number of halogens is 1. The molecule has 0 aromatic heterocycles. The highest BCUT2D eigenvalue weighted by Gasteiger charge is 2.30. The van der Waals surface area contributed by atoms with Crippen molar-refractivity contribution in [1.29, 1.82) is 0 Å². The molecule has 0 radical (unpaired) electrons. The number of carbonyl (C=O) groups excluding carboxylic acids is 1. The van der Waals surface area contributed by atoms with Gasteiger partial charge < -0.3 is 4.90 Å². The van der Waals surface area contributed by atoms with Gasteiger partial charge >= 0.3 is 0 Å². The van der Waals surface area contributed by atoms with E-state index < -0.39 is 0 Å². The van der Waals surface area contributed by atoms with Crippen LogP contribution >= 0.6 is 15.9 Å². The highest BCUT2D eigenvalue weighted by Crippen LogP contribution is 2.34. The van der Waals surface area contributed by atoms with E-state index in [1.807, 2.05) is 0 Å². The molecule has 1 amide bonds. The van der Waals surface area contributed by atoms with E-state index >= 15 is 0 Å². The number of hydrogen-bond donors (Lipinski definition) is 0. The van der Waals surface area contributed by atoms with Crippen molar-refractivity contribution >= 4 is 21.8 Å². The van der Waals surface area contributed by atoms with Crippen molar-refractivity contribution in [2.45, 2.75) is 53.9 Å². The van der Waals surface area contributed by atoms with Gasteiger partial charge in [0.2, 0.25) is 5.91 Å². The zero-order chi connectivity index (χ0) is 14.6. The van der Waals surface area contributed by atoms with Gasteiger partial charge in [0.15, 0.2) is 0 Å². The van der Waals surface area contributed by atoms with Gasteiger partial charge in [-0.15, -0.1) is 0 Å². The highest BCUT2D eigenvalue weighted by atomic mass is 79.9. The van der Waals surface area contributed by atoms with Gasteiger partial charge in [0.25, 0.3) is 0 Å². The molecule has 0 aliphatic carbocycles. The number of rotatable bonds is 4. The number of amides is 1. The summed E-state index contributed by atoms with van der Waals surface area (Å²) in [5.74, 6) is 2.21. The van der Waals surface area contributed by atoms with Gasteiger partial charge in [0.1, 0.15) is 0 Å². The lowest BCUT2D eigenvalue weighted by Crippen LogP contribution is -2.37. The Morgan fingerprint density at radius 3 is 2.42 bits per heavy atom. The predicted octanol–water partition coefficient (Wildman–Crippen LogP) is 4.33. The van der Waals surface area contributed by atoms with Crippen LogP contribution in [0.25, 0.3) is 0 Å². The molecular weight excluding hydrogens is 302 g/mol. The molecule has 1 fully saturated rings. The monoisotopic (exact) mass is 331 g/mol. The number of alkyl halides is 1. The fourth-order valence-corrected chi connectivity index (χ4v) is 3.77. The summed E-state index contributed by atoms with van der Waals surface area (Å²) in [5, 5.41) is 0.983. The Bertz CT molecular complexity index is 296. The van der Waals surface area contributed by atoms with Crippen LogP contribution in [0, 0.1) is 23.2 Å². The van der Waals surface area contributed by atoms with Crippen LogP contribution in [-0.2, 0) is 4.79 Å².